The van der Waals surface area contributed by atoms with Crippen molar-refractivity contribution in [1.82, 2.24) is 0 Å². The highest BCUT2D eigenvalue weighted by atomic mass is 31.2. The highest BCUT2D eigenvalue weighted by molar-refractivity contribution is 7.47. The number of allylic oxidation sites excluding steroid dienone is 4. The van der Waals surface area contributed by atoms with Gasteiger partial charge >= 0.3 is 13.8 Å². The lowest BCUT2D eigenvalue weighted by molar-refractivity contribution is -0.154. The fraction of sp³-hybridized carbons (Fsp3) is 0.904. The maximum Gasteiger partial charge on any atom is 0.472 e. The summed E-state index contributed by atoms with van der Waals surface area (Å²) < 4.78 is 33.5. The molecule has 0 heterocycles. The fourth-order valence-corrected chi connectivity index (χ4v) is 8.41. The van der Waals surface area contributed by atoms with E-state index in [0.29, 0.717) is 6.61 Å². The Kier molecular flexibility index (Phi) is 48.5. The maximum atomic E-state index is 12.7. The second-order valence-electron chi connectivity index (χ2n) is 17.9. The van der Waals surface area contributed by atoms with Gasteiger partial charge in [-0.2, -0.15) is 0 Å². The average molecular weight is 901 g/mol. The van der Waals surface area contributed by atoms with Gasteiger partial charge in [0, 0.05) is 13.0 Å². The minimum absolute atomic E-state index is 0.0509. The van der Waals surface area contributed by atoms with E-state index in [2.05, 4.69) is 38.2 Å². The van der Waals surface area contributed by atoms with Crippen LogP contribution in [0, 0.1) is 0 Å². The molecule has 368 valence electrons. The number of phosphoric ester groups is 1. The first kappa shape index (κ1) is 60.9. The van der Waals surface area contributed by atoms with E-state index in [0.717, 1.165) is 51.4 Å². The van der Waals surface area contributed by atoms with Gasteiger partial charge in [-0.05, 0) is 44.9 Å². The number of unbranched alkanes of at least 4 members (excludes halogenated alkanes) is 33. The van der Waals surface area contributed by atoms with Gasteiger partial charge in [0.25, 0.3) is 0 Å². The van der Waals surface area contributed by atoms with E-state index in [1.807, 2.05) is 0 Å². The summed E-state index contributed by atoms with van der Waals surface area (Å²) in [4.78, 5) is 22.7. The van der Waals surface area contributed by atoms with Crippen LogP contribution in [0.3, 0.4) is 0 Å². The molecule has 3 N–H and O–H groups in total. The van der Waals surface area contributed by atoms with Gasteiger partial charge in [-0.3, -0.25) is 13.8 Å². The molecule has 10 heteroatoms. The first-order chi connectivity index (χ1) is 30.3. The lowest BCUT2D eigenvalue weighted by Crippen LogP contribution is -2.29. The predicted molar refractivity (Wildman–Crippen MR) is 261 cm³/mol. The van der Waals surface area contributed by atoms with Crippen molar-refractivity contribution in [2.45, 2.75) is 270 Å². The van der Waals surface area contributed by atoms with Gasteiger partial charge in [0.2, 0.25) is 0 Å². The Balaban J connectivity index is 4.00. The van der Waals surface area contributed by atoms with Gasteiger partial charge in [0.05, 0.1) is 26.4 Å². The molecule has 0 aliphatic carbocycles. The van der Waals surface area contributed by atoms with E-state index in [1.165, 1.54) is 186 Å². The van der Waals surface area contributed by atoms with E-state index >= 15 is 0 Å². The van der Waals surface area contributed by atoms with Gasteiger partial charge in [-0.1, -0.05) is 231 Å². The molecule has 3 unspecified atom stereocenters. The van der Waals surface area contributed by atoms with Crippen molar-refractivity contribution < 1.29 is 43.0 Å². The number of rotatable bonds is 51. The molecule has 0 fully saturated rings. The number of carbonyl (C=O) groups excluding carboxylic acids is 1. The minimum Gasteiger partial charge on any atom is -0.457 e. The topological polar surface area (TPSA) is 132 Å². The van der Waals surface area contributed by atoms with Crippen LogP contribution >= 0.6 is 7.82 Å². The number of hydrogen-bond donors (Lipinski definition) is 3. The van der Waals surface area contributed by atoms with Crippen molar-refractivity contribution in [3.63, 3.8) is 0 Å². The van der Waals surface area contributed by atoms with E-state index < -0.39 is 33.2 Å². The Bertz CT molecular complexity index is 1020. The van der Waals surface area contributed by atoms with Crippen molar-refractivity contribution in [2.24, 2.45) is 0 Å². The normalized spacial score (nSPS) is 14.0. The standard InChI is InChI=1S/C52H101O9P/c1-3-5-7-9-11-13-15-17-19-21-22-23-24-25-26-27-29-31-33-35-37-39-41-43-45-58-48-51(49-60-62(56,57)59-47-50(54)46-53)61-52(55)44-42-40-38-36-34-32-30-28-20-18-16-14-12-10-8-6-4-2/h12,14,18,20,50-51,53-54H,3-11,13,15-17,19,21-49H2,1-2H3,(H,56,57)/b14-12-,20-18-. The predicted octanol–water partition coefficient (Wildman–Crippen LogP) is 15.4. The van der Waals surface area contributed by atoms with E-state index in [-0.39, 0.29) is 25.6 Å². The molecule has 9 nitrogen and oxygen atoms in total. The Morgan fingerprint density at radius 1 is 0.500 bits per heavy atom. The molecule has 0 aliphatic heterocycles. The second kappa shape index (κ2) is 49.4. The highest BCUT2D eigenvalue weighted by Gasteiger charge is 2.26. The zero-order chi connectivity index (χ0) is 45.3. The third-order valence-electron chi connectivity index (χ3n) is 11.6. The molecular weight excluding hydrogens is 800 g/mol. The zero-order valence-electron chi connectivity index (χ0n) is 40.6. The summed E-state index contributed by atoms with van der Waals surface area (Å²) in [6.07, 6.45) is 54.4. The Morgan fingerprint density at radius 2 is 0.871 bits per heavy atom. The minimum atomic E-state index is -4.52. The quantitative estimate of drug-likeness (QED) is 0.0236. The van der Waals surface area contributed by atoms with Gasteiger partial charge in [0.15, 0.2) is 0 Å². The number of ether oxygens (including phenoxy) is 2. The van der Waals surface area contributed by atoms with Crippen LogP contribution in [0.25, 0.3) is 0 Å². The molecule has 0 amide bonds. The first-order valence-electron chi connectivity index (χ1n) is 26.3. The third kappa shape index (κ3) is 48.4. The maximum absolute atomic E-state index is 12.7. The molecule has 0 aromatic carbocycles. The summed E-state index contributed by atoms with van der Waals surface area (Å²) in [7, 11) is -4.52. The van der Waals surface area contributed by atoms with Crippen LogP contribution in [0.1, 0.15) is 258 Å². The molecule has 0 spiro atoms. The Hall–Kier alpha value is -1.06. The van der Waals surface area contributed by atoms with Crippen LogP contribution in [0.2, 0.25) is 0 Å². The van der Waals surface area contributed by atoms with Crippen LogP contribution in [0.15, 0.2) is 24.3 Å². The summed E-state index contributed by atoms with van der Waals surface area (Å²) in [6, 6.07) is 0. The monoisotopic (exact) mass is 901 g/mol. The van der Waals surface area contributed by atoms with Gasteiger partial charge < -0.3 is 24.6 Å². The van der Waals surface area contributed by atoms with Crippen molar-refractivity contribution in [3.05, 3.63) is 24.3 Å². The average Bonchev–Trinajstić information content (AvgIpc) is 3.26. The van der Waals surface area contributed by atoms with Gasteiger partial charge in [-0.25, -0.2) is 4.57 Å². The third-order valence-corrected chi connectivity index (χ3v) is 12.6. The molecule has 0 saturated carbocycles. The summed E-state index contributed by atoms with van der Waals surface area (Å²) in [5.41, 5.74) is 0. The van der Waals surface area contributed by atoms with Gasteiger partial charge in [-0.15, -0.1) is 0 Å². The van der Waals surface area contributed by atoms with Crippen LogP contribution in [0.5, 0.6) is 0 Å². The van der Waals surface area contributed by atoms with Crippen LogP contribution < -0.4 is 0 Å². The molecule has 0 rings (SSSR count). The van der Waals surface area contributed by atoms with Crippen LogP contribution in [0.4, 0.5) is 0 Å². The number of hydrogen-bond acceptors (Lipinski definition) is 8. The van der Waals surface area contributed by atoms with Crippen molar-refractivity contribution in [1.29, 1.82) is 0 Å². The number of esters is 1. The molecule has 0 bridgehead atoms. The Morgan fingerprint density at radius 3 is 1.32 bits per heavy atom. The lowest BCUT2D eigenvalue weighted by atomic mass is 10.0. The van der Waals surface area contributed by atoms with Gasteiger partial charge in [0.1, 0.15) is 12.2 Å². The zero-order valence-corrected chi connectivity index (χ0v) is 41.5. The molecule has 3 atom stereocenters. The van der Waals surface area contributed by atoms with E-state index in [4.69, 9.17) is 23.6 Å². The second-order valence-corrected chi connectivity index (χ2v) is 19.4. The molecule has 0 aromatic rings. The molecule has 0 radical (unpaired) electrons. The number of carbonyl (C=O) groups is 1. The highest BCUT2D eigenvalue weighted by Crippen LogP contribution is 2.43. The summed E-state index contributed by atoms with van der Waals surface area (Å²) in [5, 5.41) is 18.4. The number of aliphatic hydroxyl groups excluding tert-OH is 2. The lowest BCUT2D eigenvalue weighted by Gasteiger charge is -2.20. The summed E-state index contributed by atoms with van der Waals surface area (Å²) >= 11 is 0. The van der Waals surface area contributed by atoms with Crippen molar-refractivity contribution in [3.8, 4) is 0 Å². The van der Waals surface area contributed by atoms with Crippen molar-refractivity contribution in [2.75, 3.05) is 33.0 Å². The number of phosphoric acid groups is 1. The SMILES string of the molecule is CCCCC/C=C\C/C=C\CCCCCCCCCC(=O)OC(COCCCCCCCCCCCCCCCCCCCCCCCCCC)COP(=O)(O)OCC(O)CO. The summed E-state index contributed by atoms with van der Waals surface area (Å²) in [5.74, 6) is -0.385. The molecule has 0 aromatic heterocycles. The molecule has 62 heavy (non-hydrogen) atoms. The van der Waals surface area contributed by atoms with Crippen molar-refractivity contribution >= 4 is 13.8 Å². The van der Waals surface area contributed by atoms with E-state index in [1.54, 1.807) is 0 Å². The fourth-order valence-electron chi connectivity index (χ4n) is 7.62. The smallest absolute Gasteiger partial charge is 0.457 e. The molecule has 0 saturated heterocycles. The number of aliphatic hydroxyl groups is 2. The molecular formula is C52H101O9P. The van der Waals surface area contributed by atoms with Crippen LogP contribution in [-0.4, -0.2) is 66.3 Å². The molecule has 0 aliphatic rings. The Labute approximate surface area is 383 Å². The first-order valence-corrected chi connectivity index (χ1v) is 27.8. The van der Waals surface area contributed by atoms with Crippen LogP contribution in [-0.2, 0) is 27.9 Å². The van der Waals surface area contributed by atoms with E-state index in [9.17, 15) is 19.4 Å². The summed E-state index contributed by atoms with van der Waals surface area (Å²) in [6.45, 7) is 3.54. The largest absolute Gasteiger partial charge is 0.472 e.